The van der Waals surface area contributed by atoms with Gasteiger partial charge >= 0.3 is 19.8 Å². The number of unbranched alkanes of at least 4 members (excludes halogenated alkanes) is 11. The number of carbonyl (C=O) groups excluding carboxylic acids is 1. The number of phosphoric acid groups is 1. The Morgan fingerprint density at radius 3 is 1.94 bits per heavy atom. The van der Waals surface area contributed by atoms with E-state index in [0.717, 1.165) is 38.5 Å². The lowest BCUT2D eigenvalue weighted by atomic mass is 10.1. The molecule has 10 nitrogen and oxygen atoms in total. The zero-order valence-corrected chi connectivity index (χ0v) is 22.0. The molecule has 0 spiro atoms. The lowest BCUT2D eigenvalue weighted by molar-refractivity contribution is -0.153. The normalized spacial score (nSPS) is 15.1. The van der Waals surface area contributed by atoms with E-state index in [-0.39, 0.29) is 6.42 Å². The zero-order chi connectivity index (χ0) is 26.4. The van der Waals surface area contributed by atoms with Crippen LogP contribution >= 0.6 is 7.82 Å². The summed E-state index contributed by atoms with van der Waals surface area (Å²) in [5, 5.41) is 17.9. The number of aliphatic carboxylic acids is 1. The number of aliphatic hydroxyl groups excluding tert-OH is 1. The second-order valence-electron chi connectivity index (χ2n) is 8.63. The Kier molecular flexibility index (Phi) is 21.1. The van der Waals surface area contributed by atoms with Crippen LogP contribution in [0.5, 0.6) is 0 Å². The largest absolute Gasteiger partial charge is 0.480 e. The highest BCUT2D eigenvalue weighted by atomic mass is 31.2. The van der Waals surface area contributed by atoms with E-state index < -0.39 is 51.7 Å². The van der Waals surface area contributed by atoms with E-state index in [1.54, 1.807) is 0 Å². The van der Waals surface area contributed by atoms with E-state index in [4.69, 9.17) is 15.6 Å². The van der Waals surface area contributed by atoms with Gasteiger partial charge in [0, 0.05) is 6.42 Å². The molecular formula is C24H46NO9P. The molecular weight excluding hydrogens is 477 g/mol. The number of nitrogens with two attached hydrogens (primary N) is 1. The van der Waals surface area contributed by atoms with Crippen LogP contribution in [0.4, 0.5) is 0 Å². The Hall–Kier alpha value is -1.29. The summed E-state index contributed by atoms with van der Waals surface area (Å²) in [5.74, 6) is -1.94. The first-order valence-electron chi connectivity index (χ1n) is 12.8. The molecule has 0 amide bonds. The molecule has 0 radical (unpaired) electrons. The van der Waals surface area contributed by atoms with Crippen LogP contribution in [-0.4, -0.2) is 59.0 Å². The number of allylic oxidation sites excluding steroid dienone is 2. The number of ether oxygens (including phenoxy) is 1. The summed E-state index contributed by atoms with van der Waals surface area (Å²) < 4.78 is 25.9. The van der Waals surface area contributed by atoms with E-state index in [2.05, 4.69) is 28.1 Å². The van der Waals surface area contributed by atoms with Crippen molar-refractivity contribution in [1.82, 2.24) is 0 Å². The molecule has 0 saturated heterocycles. The molecule has 0 bridgehead atoms. The number of rotatable bonds is 24. The van der Waals surface area contributed by atoms with Crippen LogP contribution in [0.15, 0.2) is 12.2 Å². The van der Waals surface area contributed by atoms with Crippen LogP contribution in [0.3, 0.4) is 0 Å². The molecule has 206 valence electrons. The maximum Gasteiger partial charge on any atom is 0.472 e. The van der Waals surface area contributed by atoms with Crippen molar-refractivity contribution in [2.24, 2.45) is 5.73 Å². The zero-order valence-electron chi connectivity index (χ0n) is 21.1. The summed E-state index contributed by atoms with van der Waals surface area (Å²) in [6, 6.07) is -1.49. The lowest BCUT2D eigenvalue weighted by Gasteiger charge is -2.18. The third-order valence-corrected chi connectivity index (χ3v) is 6.25. The summed E-state index contributed by atoms with van der Waals surface area (Å²) in [6.07, 6.45) is 18.5. The Balaban J connectivity index is 3.77. The molecule has 0 aromatic heterocycles. The molecule has 35 heavy (non-hydrogen) atoms. The van der Waals surface area contributed by atoms with Crippen LogP contribution in [0.25, 0.3) is 0 Å². The summed E-state index contributed by atoms with van der Waals surface area (Å²) in [5.41, 5.74) is 5.18. The predicted octanol–water partition coefficient (Wildman–Crippen LogP) is 4.47. The Morgan fingerprint density at radius 2 is 1.40 bits per heavy atom. The quantitative estimate of drug-likeness (QED) is 0.0613. The Bertz CT molecular complexity index is 630. The SMILES string of the molecule is CCCCCCCCC=CCCCCCCCC(=O)O[C@@H](CO)COP(=O)(O)OC[C@H](N)C(=O)O. The molecule has 1 unspecified atom stereocenters. The highest BCUT2D eigenvalue weighted by molar-refractivity contribution is 7.47. The molecule has 0 aromatic rings. The molecule has 0 saturated carbocycles. The lowest BCUT2D eigenvalue weighted by Crippen LogP contribution is -2.34. The molecule has 0 rings (SSSR count). The third kappa shape index (κ3) is 21.7. The first kappa shape index (κ1) is 33.7. The first-order valence-corrected chi connectivity index (χ1v) is 14.3. The maximum atomic E-state index is 11.9. The minimum absolute atomic E-state index is 0.176. The van der Waals surface area contributed by atoms with Gasteiger partial charge in [0.2, 0.25) is 0 Å². The average Bonchev–Trinajstić information content (AvgIpc) is 2.82. The monoisotopic (exact) mass is 523 g/mol. The fourth-order valence-electron chi connectivity index (χ4n) is 3.17. The number of hydrogen-bond donors (Lipinski definition) is 4. The van der Waals surface area contributed by atoms with Crippen molar-refractivity contribution >= 4 is 19.8 Å². The first-order chi connectivity index (χ1) is 16.7. The molecule has 5 N–H and O–H groups in total. The van der Waals surface area contributed by atoms with Gasteiger partial charge < -0.3 is 25.6 Å². The van der Waals surface area contributed by atoms with Gasteiger partial charge in [-0.15, -0.1) is 0 Å². The van der Waals surface area contributed by atoms with Crippen molar-refractivity contribution in [3.8, 4) is 0 Å². The van der Waals surface area contributed by atoms with Crippen LogP contribution in [0.2, 0.25) is 0 Å². The van der Waals surface area contributed by atoms with E-state index >= 15 is 0 Å². The van der Waals surface area contributed by atoms with Crippen LogP contribution in [0, 0.1) is 0 Å². The number of carboxylic acids is 1. The van der Waals surface area contributed by atoms with Gasteiger partial charge in [-0.2, -0.15) is 0 Å². The van der Waals surface area contributed by atoms with Gasteiger partial charge in [-0.3, -0.25) is 18.6 Å². The third-order valence-electron chi connectivity index (χ3n) is 5.30. The standard InChI is InChI=1S/C24H46NO9P/c1-2-3-4-5-6-7-8-9-10-11-12-13-14-15-16-17-23(27)34-21(18-26)19-32-35(30,31)33-20-22(25)24(28)29/h9-10,21-22,26H,2-8,11-20,25H2,1H3,(H,28,29)(H,30,31)/t21-,22-/m0/s1. The fourth-order valence-corrected chi connectivity index (χ4v) is 3.95. The molecule has 3 atom stereocenters. The molecule has 0 aromatic carbocycles. The molecule has 0 aliphatic heterocycles. The topological polar surface area (TPSA) is 166 Å². The summed E-state index contributed by atoms with van der Waals surface area (Å²) in [4.78, 5) is 32.0. The molecule has 11 heteroatoms. The van der Waals surface area contributed by atoms with E-state index in [1.807, 2.05) is 0 Å². The summed E-state index contributed by atoms with van der Waals surface area (Å²) in [7, 11) is -4.60. The van der Waals surface area contributed by atoms with Gasteiger partial charge in [-0.05, 0) is 32.1 Å². The number of carboxylic acid groups (broad SMARTS) is 1. The van der Waals surface area contributed by atoms with Gasteiger partial charge in [-0.1, -0.05) is 70.4 Å². The number of carbonyl (C=O) groups is 2. The van der Waals surface area contributed by atoms with Gasteiger partial charge in [0.15, 0.2) is 0 Å². The van der Waals surface area contributed by atoms with Crippen molar-refractivity contribution in [3.05, 3.63) is 12.2 Å². The average molecular weight is 524 g/mol. The van der Waals surface area contributed by atoms with Crippen molar-refractivity contribution < 1.29 is 43.0 Å². The molecule has 0 aliphatic rings. The fraction of sp³-hybridized carbons (Fsp3) is 0.833. The molecule has 0 aliphatic carbocycles. The molecule has 0 fully saturated rings. The van der Waals surface area contributed by atoms with Gasteiger partial charge in [-0.25, -0.2) is 4.57 Å². The van der Waals surface area contributed by atoms with Crippen LogP contribution < -0.4 is 5.73 Å². The van der Waals surface area contributed by atoms with Gasteiger partial charge in [0.1, 0.15) is 12.1 Å². The van der Waals surface area contributed by atoms with Gasteiger partial charge in [0.25, 0.3) is 0 Å². The second kappa shape index (κ2) is 21.9. The van der Waals surface area contributed by atoms with Crippen LogP contribution in [0.1, 0.15) is 96.8 Å². The molecule has 0 heterocycles. The number of phosphoric ester groups is 1. The predicted molar refractivity (Wildman–Crippen MR) is 134 cm³/mol. The highest BCUT2D eigenvalue weighted by Gasteiger charge is 2.27. The van der Waals surface area contributed by atoms with E-state index in [0.29, 0.717) is 6.42 Å². The van der Waals surface area contributed by atoms with Gasteiger partial charge in [0.05, 0.1) is 19.8 Å². The number of hydrogen-bond acceptors (Lipinski definition) is 8. The smallest absolute Gasteiger partial charge is 0.472 e. The Labute approximate surface area is 209 Å². The van der Waals surface area contributed by atoms with Crippen LogP contribution in [-0.2, 0) is 27.9 Å². The summed E-state index contributed by atoms with van der Waals surface area (Å²) >= 11 is 0. The maximum absolute atomic E-state index is 11.9. The van der Waals surface area contributed by atoms with Crippen molar-refractivity contribution in [1.29, 1.82) is 0 Å². The van der Waals surface area contributed by atoms with Crippen molar-refractivity contribution in [2.45, 2.75) is 109 Å². The minimum atomic E-state index is -4.60. The Morgan fingerprint density at radius 1 is 0.886 bits per heavy atom. The number of aliphatic hydroxyl groups is 1. The number of esters is 1. The highest BCUT2D eigenvalue weighted by Crippen LogP contribution is 2.43. The van der Waals surface area contributed by atoms with E-state index in [9.17, 15) is 24.2 Å². The second-order valence-corrected chi connectivity index (χ2v) is 10.1. The summed E-state index contributed by atoms with van der Waals surface area (Å²) in [6.45, 7) is 0.313. The minimum Gasteiger partial charge on any atom is -0.480 e. The van der Waals surface area contributed by atoms with Crippen molar-refractivity contribution in [2.75, 3.05) is 19.8 Å². The van der Waals surface area contributed by atoms with Crippen molar-refractivity contribution in [3.63, 3.8) is 0 Å². The van der Waals surface area contributed by atoms with E-state index in [1.165, 1.54) is 38.5 Å².